The van der Waals surface area contributed by atoms with E-state index in [1.165, 1.54) is 0 Å². The van der Waals surface area contributed by atoms with Gasteiger partial charge in [-0.15, -0.1) is 0 Å². The highest BCUT2D eigenvalue weighted by atomic mass is 127. The van der Waals surface area contributed by atoms with Crippen molar-refractivity contribution in [1.29, 1.82) is 0 Å². The summed E-state index contributed by atoms with van der Waals surface area (Å²) in [4.78, 5) is 8.10. The number of halogens is 1. The quantitative estimate of drug-likeness (QED) is 0.879. The lowest BCUT2D eigenvalue weighted by atomic mass is 10.2. The summed E-state index contributed by atoms with van der Waals surface area (Å²) in [5, 5.41) is 0. The molecule has 1 aromatic carbocycles. The van der Waals surface area contributed by atoms with Gasteiger partial charge < -0.3 is 10.5 Å². The molecule has 1 heterocycles. The van der Waals surface area contributed by atoms with E-state index < -0.39 is 0 Å². The minimum absolute atomic E-state index is 0.348. The summed E-state index contributed by atoms with van der Waals surface area (Å²) in [5.41, 5.74) is 6.57. The molecule has 0 aliphatic carbocycles. The molecule has 0 unspecified atom stereocenters. The maximum absolute atomic E-state index is 5.50. The minimum Gasteiger partial charge on any atom is -0.424 e. The molecule has 2 N–H and O–H groups in total. The van der Waals surface area contributed by atoms with E-state index in [0.29, 0.717) is 18.3 Å². The van der Waals surface area contributed by atoms with Crippen molar-refractivity contribution in [2.75, 3.05) is 0 Å². The van der Waals surface area contributed by atoms with Crippen LogP contribution in [0.15, 0.2) is 36.7 Å². The molecule has 0 atom stereocenters. The molecule has 0 radical (unpaired) electrons. The van der Waals surface area contributed by atoms with Crippen LogP contribution in [-0.2, 0) is 6.54 Å². The van der Waals surface area contributed by atoms with Crippen LogP contribution < -0.4 is 10.5 Å². The average Bonchev–Trinajstić information content (AvgIpc) is 2.33. The molecular weight excluding hydrogens is 317 g/mol. The molecule has 0 aliphatic heterocycles. The highest BCUT2D eigenvalue weighted by Gasteiger charge is 1.99. The summed E-state index contributed by atoms with van der Waals surface area (Å²) >= 11 is 2.14. The molecule has 0 spiro atoms. The van der Waals surface area contributed by atoms with Crippen LogP contribution in [0.5, 0.6) is 11.8 Å². The van der Waals surface area contributed by atoms with E-state index in [4.69, 9.17) is 10.5 Å². The fraction of sp³-hybridized carbons (Fsp3) is 0.0909. The fourth-order valence-electron chi connectivity index (χ4n) is 1.15. The fourth-order valence-corrected chi connectivity index (χ4v) is 1.43. The molecule has 0 bridgehead atoms. The molecule has 2 aromatic rings. The van der Waals surface area contributed by atoms with Gasteiger partial charge in [0.25, 0.3) is 0 Å². The summed E-state index contributed by atoms with van der Waals surface area (Å²) in [6.45, 7) is 0.528. The zero-order valence-electron chi connectivity index (χ0n) is 8.43. The normalized spacial score (nSPS) is 10.1. The van der Waals surface area contributed by atoms with Crippen molar-refractivity contribution in [1.82, 2.24) is 9.97 Å². The number of hydrogen-bond donors (Lipinski definition) is 1. The SMILES string of the molecule is NCc1ccc(Oc2ncc(I)cn2)cc1. The number of rotatable bonds is 3. The number of ether oxygens (including phenoxy) is 1. The lowest BCUT2D eigenvalue weighted by Gasteiger charge is -2.03. The second kappa shape index (κ2) is 5.22. The van der Waals surface area contributed by atoms with Crippen LogP contribution in [-0.4, -0.2) is 9.97 Å². The van der Waals surface area contributed by atoms with Crippen LogP contribution in [0, 0.1) is 3.57 Å². The van der Waals surface area contributed by atoms with Gasteiger partial charge in [0.2, 0.25) is 0 Å². The third-order valence-corrected chi connectivity index (χ3v) is 2.52. The lowest BCUT2D eigenvalue weighted by molar-refractivity contribution is 0.441. The number of hydrogen-bond acceptors (Lipinski definition) is 4. The molecule has 0 saturated heterocycles. The van der Waals surface area contributed by atoms with Gasteiger partial charge in [0.15, 0.2) is 0 Å². The van der Waals surface area contributed by atoms with E-state index in [9.17, 15) is 0 Å². The van der Waals surface area contributed by atoms with Crippen molar-refractivity contribution in [3.05, 3.63) is 45.8 Å². The largest absolute Gasteiger partial charge is 0.424 e. The van der Waals surface area contributed by atoms with E-state index >= 15 is 0 Å². The van der Waals surface area contributed by atoms with E-state index in [0.717, 1.165) is 9.13 Å². The lowest BCUT2D eigenvalue weighted by Crippen LogP contribution is -1.96. The van der Waals surface area contributed by atoms with Crippen LogP contribution in [0.4, 0.5) is 0 Å². The second-order valence-electron chi connectivity index (χ2n) is 3.13. The van der Waals surface area contributed by atoms with Crippen molar-refractivity contribution >= 4 is 22.6 Å². The maximum atomic E-state index is 5.50. The minimum atomic E-state index is 0.348. The van der Waals surface area contributed by atoms with Crippen LogP contribution in [0.25, 0.3) is 0 Å². The third kappa shape index (κ3) is 2.89. The van der Waals surface area contributed by atoms with E-state index in [-0.39, 0.29) is 0 Å². The first-order valence-corrected chi connectivity index (χ1v) is 5.80. The summed E-state index contributed by atoms with van der Waals surface area (Å²) in [6, 6.07) is 7.89. The van der Waals surface area contributed by atoms with Crippen LogP contribution in [0.3, 0.4) is 0 Å². The Morgan fingerprint density at radius 1 is 1.12 bits per heavy atom. The Morgan fingerprint density at radius 3 is 2.31 bits per heavy atom. The Labute approximate surface area is 107 Å². The maximum Gasteiger partial charge on any atom is 0.321 e. The van der Waals surface area contributed by atoms with Gasteiger partial charge >= 0.3 is 6.01 Å². The Hall–Kier alpha value is -1.21. The monoisotopic (exact) mass is 327 g/mol. The van der Waals surface area contributed by atoms with Gasteiger partial charge in [-0.2, -0.15) is 0 Å². The highest BCUT2D eigenvalue weighted by Crippen LogP contribution is 2.17. The molecule has 5 heteroatoms. The van der Waals surface area contributed by atoms with Crippen molar-refractivity contribution in [2.45, 2.75) is 6.54 Å². The number of nitrogens with zero attached hydrogens (tertiary/aromatic N) is 2. The first-order chi connectivity index (χ1) is 7.78. The van der Waals surface area contributed by atoms with Crippen molar-refractivity contribution < 1.29 is 4.74 Å². The van der Waals surface area contributed by atoms with Gasteiger partial charge in [-0.05, 0) is 40.3 Å². The Kier molecular flexibility index (Phi) is 3.68. The van der Waals surface area contributed by atoms with Crippen LogP contribution in [0.2, 0.25) is 0 Å². The first-order valence-electron chi connectivity index (χ1n) is 4.72. The van der Waals surface area contributed by atoms with Gasteiger partial charge in [0.1, 0.15) is 5.75 Å². The van der Waals surface area contributed by atoms with Gasteiger partial charge in [0, 0.05) is 22.5 Å². The Morgan fingerprint density at radius 2 is 1.75 bits per heavy atom. The molecule has 1 aromatic heterocycles. The van der Waals surface area contributed by atoms with Gasteiger partial charge in [-0.3, -0.25) is 0 Å². The van der Waals surface area contributed by atoms with Gasteiger partial charge in [-0.25, -0.2) is 9.97 Å². The molecule has 4 nitrogen and oxygen atoms in total. The van der Waals surface area contributed by atoms with Crippen molar-refractivity contribution in [2.24, 2.45) is 5.73 Å². The number of nitrogens with two attached hydrogens (primary N) is 1. The first kappa shape index (κ1) is 11.3. The van der Waals surface area contributed by atoms with Crippen molar-refractivity contribution in [3.63, 3.8) is 0 Å². The number of aromatic nitrogens is 2. The molecule has 0 saturated carbocycles. The van der Waals surface area contributed by atoms with Crippen LogP contribution in [0.1, 0.15) is 5.56 Å². The summed E-state index contributed by atoms with van der Waals surface area (Å²) in [5.74, 6) is 0.707. The van der Waals surface area contributed by atoms with E-state index in [1.807, 2.05) is 24.3 Å². The summed E-state index contributed by atoms with van der Waals surface area (Å²) in [6.07, 6.45) is 3.41. The Balaban J connectivity index is 2.11. The third-order valence-electron chi connectivity index (χ3n) is 1.96. The van der Waals surface area contributed by atoms with Gasteiger partial charge in [-0.1, -0.05) is 12.1 Å². The standard InChI is InChI=1S/C11H10IN3O/c12-9-6-14-11(15-7-9)16-10-3-1-8(5-13)2-4-10/h1-4,6-7H,5,13H2. The highest BCUT2D eigenvalue weighted by molar-refractivity contribution is 14.1. The molecule has 82 valence electrons. The van der Waals surface area contributed by atoms with Crippen LogP contribution >= 0.6 is 22.6 Å². The molecule has 16 heavy (non-hydrogen) atoms. The topological polar surface area (TPSA) is 61.0 Å². The zero-order chi connectivity index (χ0) is 11.4. The van der Waals surface area contributed by atoms with Crippen molar-refractivity contribution in [3.8, 4) is 11.8 Å². The van der Waals surface area contributed by atoms with E-state index in [2.05, 4.69) is 32.6 Å². The molecule has 0 amide bonds. The average molecular weight is 327 g/mol. The predicted molar refractivity (Wildman–Crippen MR) is 69.2 cm³/mol. The molecule has 0 fully saturated rings. The summed E-state index contributed by atoms with van der Waals surface area (Å²) < 4.78 is 6.44. The van der Waals surface area contributed by atoms with Gasteiger partial charge in [0.05, 0.1) is 0 Å². The molecule has 2 rings (SSSR count). The predicted octanol–water partition coefficient (Wildman–Crippen LogP) is 2.33. The number of benzene rings is 1. The molecular formula is C11H10IN3O. The Bertz CT molecular complexity index is 456. The summed E-state index contributed by atoms with van der Waals surface area (Å²) in [7, 11) is 0. The van der Waals surface area contributed by atoms with E-state index in [1.54, 1.807) is 12.4 Å². The smallest absolute Gasteiger partial charge is 0.321 e. The zero-order valence-corrected chi connectivity index (χ0v) is 10.6. The molecule has 0 aliphatic rings. The second-order valence-corrected chi connectivity index (χ2v) is 4.38.